The van der Waals surface area contributed by atoms with E-state index >= 15 is 0 Å². The summed E-state index contributed by atoms with van der Waals surface area (Å²) < 4.78 is 0. The van der Waals surface area contributed by atoms with Crippen LogP contribution in [-0.2, 0) is 6.54 Å². The Bertz CT molecular complexity index is 728. The lowest BCUT2D eigenvalue weighted by Crippen LogP contribution is -2.45. The lowest BCUT2D eigenvalue weighted by molar-refractivity contribution is 0.0636. The van der Waals surface area contributed by atoms with Crippen LogP contribution in [0.4, 0.5) is 0 Å². The fourth-order valence-electron chi connectivity index (χ4n) is 3.32. The van der Waals surface area contributed by atoms with Crippen molar-refractivity contribution in [2.75, 3.05) is 20.1 Å². The van der Waals surface area contributed by atoms with Gasteiger partial charge < -0.3 is 10.0 Å². The topological polar surface area (TPSA) is 43.8 Å². The number of carbonyl (C=O) groups is 1. The first-order valence-electron chi connectivity index (χ1n) is 8.56. The van der Waals surface area contributed by atoms with E-state index in [0.29, 0.717) is 5.56 Å². The Morgan fingerprint density at radius 3 is 2.52 bits per heavy atom. The van der Waals surface area contributed by atoms with Gasteiger partial charge in [-0.25, -0.2) is 0 Å². The summed E-state index contributed by atoms with van der Waals surface area (Å²) in [6.07, 6.45) is 1.92. The minimum atomic E-state index is -0.0524. The van der Waals surface area contributed by atoms with E-state index in [0.717, 1.165) is 32.5 Å². The van der Waals surface area contributed by atoms with Crippen molar-refractivity contribution in [1.29, 1.82) is 0 Å². The molecule has 0 spiro atoms. The zero-order valence-corrected chi connectivity index (χ0v) is 15.1. The van der Waals surface area contributed by atoms with Crippen molar-refractivity contribution in [3.05, 3.63) is 64.7 Å². The quantitative estimate of drug-likeness (QED) is 0.904. The van der Waals surface area contributed by atoms with Crippen LogP contribution in [0.5, 0.6) is 5.75 Å². The molecule has 1 N–H and O–H groups in total. The molecule has 25 heavy (non-hydrogen) atoms. The summed E-state index contributed by atoms with van der Waals surface area (Å²) >= 11 is 5.92. The number of nitrogens with zero attached hydrogens (tertiary/aromatic N) is 2. The number of hydrogen-bond acceptors (Lipinski definition) is 3. The van der Waals surface area contributed by atoms with Crippen molar-refractivity contribution in [2.45, 2.75) is 25.4 Å². The lowest BCUT2D eigenvalue weighted by atomic mass is 10.0. The zero-order chi connectivity index (χ0) is 17.8. The van der Waals surface area contributed by atoms with Gasteiger partial charge >= 0.3 is 0 Å². The summed E-state index contributed by atoms with van der Waals surface area (Å²) in [5.41, 5.74) is 1.83. The number of carbonyl (C=O) groups excluding carboxylic acids is 1. The number of amides is 1. The zero-order valence-electron chi connectivity index (χ0n) is 14.4. The normalized spacial score (nSPS) is 15.9. The number of phenolic OH excluding ortho intramolecular Hbond substituents is 1. The molecule has 0 radical (unpaired) electrons. The summed E-state index contributed by atoms with van der Waals surface area (Å²) in [5.74, 6) is -0.0569. The number of rotatable bonds is 4. The fourth-order valence-corrected chi connectivity index (χ4v) is 3.50. The van der Waals surface area contributed by atoms with Crippen LogP contribution in [0.25, 0.3) is 0 Å². The molecule has 1 heterocycles. The SMILES string of the molecule is CN(C(=O)c1ccc(O)c(Cl)c1)C1CCN(Cc2ccccc2)CC1. The molecule has 0 atom stereocenters. The number of halogens is 1. The monoisotopic (exact) mass is 358 g/mol. The molecule has 0 aromatic heterocycles. The molecule has 1 fully saturated rings. The lowest BCUT2D eigenvalue weighted by Gasteiger charge is -2.36. The van der Waals surface area contributed by atoms with Gasteiger partial charge in [-0.15, -0.1) is 0 Å². The van der Waals surface area contributed by atoms with Crippen LogP contribution < -0.4 is 0 Å². The van der Waals surface area contributed by atoms with Gasteiger partial charge in [0.1, 0.15) is 5.75 Å². The molecule has 2 aromatic carbocycles. The Hall–Kier alpha value is -2.04. The first-order chi connectivity index (χ1) is 12.0. The fraction of sp³-hybridized carbons (Fsp3) is 0.350. The molecule has 1 aliphatic rings. The molecule has 5 heteroatoms. The van der Waals surface area contributed by atoms with Gasteiger partial charge in [0.15, 0.2) is 0 Å². The highest BCUT2D eigenvalue weighted by Gasteiger charge is 2.26. The Kier molecular flexibility index (Phi) is 5.61. The van der Waals surface area contributed by atoms with Gasteiger partial charge in [0, 0.05) is 38.3 Å². The number of phenols is 1. The van der Waals surface area contributed by atoms with Crippen LogP contribution >= 0.6 is 11.6 Å². The molecule has 0 unspecified atom stereocenters. The molecule has 4 nitrogen and oxygen atoms in total. The molecule has 0 saturated carbocycles. The number of benzene rings is 2. The van der Waals surface area contributed by atoms with E-state index in [1.807, 2.05) is 18.0 Å². The smallest absolute Gasteiger partial charge is 0.253 e. The minimum Gasteiger partial charge on any atom is -0.506 e. The molecule has 2 aromatic rings. The van der Waals surface area contributed by atoms with E-state index in [2.05, 4.69) is 29.2 Å². The van der Waals surface area contributed by atoms with Crippen LogP contribution in [-0.4, -0.2) is 47.0 Å². The largest absolute Gasteiger partial charge is 0.506 e. The maximum Gasteiger partial charge on any atom is 0.253 e. The number of hydrogen-bond donors (Lipinski definition) is 1. The van der Waals surface area contributed by atoms with Crippen LogP contribution in [0.3, 0.4) is 0 Å². The molecular weight excluding hydrogens is 336 g/mol. The molecule has 0 aliphatic carbocycles. The van der Waals surface area contributed by atoms with Gasteiger partial charge in [-0.05, 0) is 36.6 Å². The van der Waals surface area contributed by atoms with Crippen LogP contribution in [0.1, 0.15) is 28.8 Å². The molecular formula is C20H23ClN2O2. The predicted molar refractivity (Wildman–Crippen MR) is 100.0 cm³/mol. The van der Waals surface area contributed by atoms with Crippen LogP contribution in [0.15, 0.2) is 48.5 Å². The molecule has 1 aliphatic heterocycles. The molecule has 1 saturated heterocycles. The van der Waals surface area contributed by atoms with E-state index in [4.69, 9.17) is 11.6 Å². The van der Waals surface area contributed by atoms with Crippen molar-refractivity contribution < 1.29 is 9.90 Å². The van der Waals surface area contributed by atoms with Crippen molar-refractivity contribution in [3.63, 3.8) is 0 Å². The van der Waals surface area contributed by atoms with Crippen LogP contribution in [0.2, 0.25) is 5.02 Å². The average Bonchev–Trinajstić information content (AvgIpc) is 2.64. The van der Waals surface area contributed by atoms with E-state index in [1.165, 1.54) is 17.7 Å². The van der Waals surface area contributed by atoms with Crippen molar-refractivity contribution >= 4 is 17.5 Å². The third kappa shape index (κ3) is 4.33. The van der Waals surface area contributed by atoms with Gasteiger partial charge in [-0.1, -0.05) is 41.9 Å². The Labute approximate surface area is 153 Å². The molecule has 1 amide bonds. The van der Waals surface area contributed by atoms with Gasteiger partial charge in [0.2, 0.25) is 0 Å². The first kappa shape index (κ1) is 17.8. The van der Waals surface area contributed by atoms with Crippen LogP contribution in [0, 0.1) is 0 Å². The molecule has 132 valence electrons. The maximum atomic E-state index is 12.7. The second-order valence-electron chi connectivity index (χ2n) is 6.58. The number of aromatic hydroxyl groups is 1. The third-order valence-electron chi connectivity index (χ3n) is 4.87. The summed E-state index contributed by atoms with van der Waals surface area (Å²) in [6, 6.07) is 15.3. The standard InChI is InChI=1S/C20H23ClN2O2/c1-22(20(25)16-7-8-19(24)18(21)13-16)17-9-11-23(12-10-17)14-15-5-3-2-4-6-15/h2-8,13,17,24H,9-12,14H2,1H3. The molecule has 0 bridgehead atoms. The van der Waals surface area contributed by atoms with E-state index < -0.39 is 0 Å². The summed E-state index contributed by atoms with van der Waals surface area (Å²) in [5, 5.41) is 9.71. The average molecular weight is 359 g/mol. The number of likely N-dealkylation sites (tertiary alicyclic amines) is 1. The van der Waals surface area contributed by atoms with Gasteiger partial charge in [-0.3, -0.25) is 9.69 Å². The highest BCUT2D eigenvalue weighted by Crippen LogP contribution is 2.25. The van der Waals surface area contributed by atoms with E-state index in [1.54, 1.807) is 6.07 Å². The Morgan fingerprint density at radius 2 is 1.88 bits per heavy atom. The van der Waals surface area contributed by atoms with Crippen molar-refractivity contribution in [1.82, 2.24) is 9.80 Å². The summed E-state index contributed by atoms with van der Waals surface area (Å²) in [7, 11) is 1.85. The predicted octanol–water partition coefficient (Wildman–Crippen LogP) is 3.78. The first-order valence-corrected chi connectivity index (χ1v) is 8.94. The Balaban J connectivity index is 1.56. The summed E-state index contributed by atoms with van der Waals surface area (Å²) in [6.45, 7) is 2.92. The maximum absolute atomic E-state index is 12.7. The second kappa shape index (κ2) is 7.89. The minimum absolute atomic E-state index is 0.00455. The number of piperidine rings is 1. The van der Waals surface area contributed by atoms with Gasteiger partial charge in [0.05, 0.1) is 5.02 Å². The highest BCUT2D eigenvalue weighted by molar-refractivity contribution is 6.32. The second-order valence-corrected chi connectivity index (χ2v) is 6.98. The van der Waals surface area contributed by atoms with Gasteiger partial charge in [-0.2, -0.15) is 0 Å². The third-order valence-corrected chi connectivity index (χ3v) is 5.17. The van der Waals surface area contributed by atoms with Crippen molar-refractivity contribution in [2.24, 2.45) is 0 Å². The highest BCUT2D eigenvalue weighted by atomic mass is 35.5. The van der Waals surface area contributed by atoms with Crippen molar-refractivity contribution in [3.8, 4) is 5.75 Å². The summed E-state index contributed by atoms with van der Waals surface area (Å²) in [4.78, 5) is 16.9. The van der Waals surface area contributed by atoms with E-state index in [-0.39, 0.29) is 22.7 Å². The van der Waals surface area contributed by atoms with Gasteiger partial charge in [0.25, 0.3) is 5.91 Å². The Morgan fingerprint density at radius 1 is 1.20 bits per heavy atom. The molecule has 3 rings (SSSR count). The van der Waals surface area contributed by atoms with E-state index in [9.17, 15) is 9.90 Å².